The minimum atomic E-state index is 0.756. The fourth-order valence-corrected chi connectivity index (χ4v) is 1.86. The molecular formula is C16H22N5. The molecule has 2 rings (SSSR count). The molecule has 5 heteroatoms. The number of anilines is 3. The summed E-state index contributed by atoms with van der Waals surface area (Å²) >= 11 is 0. The second-order valence-electron chi connectivity index (χ2n) is 4.77. The Bertz CT molecular complexity index is 472. The van der Waals surface area contributed by atoms with E-state index in [1.807, 2.05) is 48.5 Å². The van der Waals surface area contributed by atoms with Gasteiger partial charge in [0.2, 0.25) is 0 Å². The van der Waals surface area contributed by atoms with Crippen LogP contribution in [0.1, 0.15) is 0 Å². The van der Waals surface area contributed by atoms with Crippen LogP contribution in [0.4, 0.5) is 22.7 Å². The van der Waals surface area contributed by atoms with E-state index in [0.717, 1.165) is 48.9 Å². The van der Waals surface area contributed by atoms with Crippen molar-refractivity contribution < 1.29 is 0 Å². The molecule has 0 fully saturated rings. The standard InChI is InChI=1S/C16H22N5/c17-13-1-5-15(6-2-13)20-11-9-19-10-12-21-16-7-3-14(18)4-8-16/h1-8,19-20H,9-12,17-18H2. The number of nitrogens with two attached hydrogens (primary N) is 2. The molecular weight excluding hydrogens is 262 g/mol. The summed E-state index contributed by atoms with van der Waals surface area (Å²) in [4.78, 5) is 0. The third kappa shape index (κ3) is 5.62. The van der Waals surface area contributed by atoms with Crippen LogP contribution in [0.3, 0.4) is 0 Å². The maximum Gasteiger partial charge on any atom is 0.0576 e. The second-order valence-corrected chi connectivity index (χ2v) is 4.77. The third-order valence-electron chi connectivity index (χ3n) is 3.02. The summed E-state index contributed by atoms with van der Waals surface area (Å²) in [5.41, 5.74) is 14.8. The van der Waals surface area contributed by atoms with Crippen molar-refractivity contribution in [3.8, 4) is 0 Å². The molecule has 0 atom stereocenters. The van der Waals surface area contributed by atoms with E-state index < -0.39 is 0 Å². The summed E-state index contributed by atoms with van der Waals surface area (Å²) in [5, 5.41) is 11.1. The highest BCUT2D eigenvalue weighted by atomic mass is 15.0. The fourth-order valence-electron chi connectivity index (χ4n) is 1.86. The van der Waals surface area contributed by atoms with E-state index in [9.17, 15) is 0 Å². The highest BCUT2D eigenvalue weighted by Gasteiger charge is 1.94. The molecule has 0 amide bonds. The molecule has 0 aromatic heterocycles. The summed E-state index contributed by atoms with van der Waals surface area (Å²) in [6, 6.07) is 15.3. The van der Waals surface area contributed by atoms with Gasteiger partial charge in [-0.15, -0.1) is 0 Å². The summed E-state index contributed by atoms with van der Waals surface area (Å²) in [6.07, 6.45) is 0. The quantitative estimate of drug-likeness (QED) is 0.439. The van der Waals surface area contributed by atoms with E-state index in [0.29, 0.717) is 0 Å². The van der Waals surface area contributed by atoms with Crippen molar-refractivity contribution in [2.24, 2.45) is 0 Å². The highest BCUT2D eigenvalue weighted by Crippen LogP contribution is 2.10. The smallest absolute Gasteiger partial charge is 0.0576 e. The van der Waals surface area contributed by atoms with Crippen LogP contribution >= 0.6 is 0 Å². The SMILES string of the molecule is Nc1ccc([N]CCNCCNc2ccc(N)cc2)cc1. The Labute approximate surface area is 125 Å². The number of nitrogen functional groups attached to an aromatic ring is 2. The first kappa shape index (κ1) is 15.0. The fraction of sp³-hybridized carbons (Fsp3) is 0.250. The van der Waals surface area contributed by atoms with Crippen LogP contribution in [0.15, 0.2) is 48.5 Å². The van der Waals surface area contributed by atoms with Crippen molar-refractivity contribution in [3.05, 3.63) is 48.5 Å². The van der Waals surface area contributed by atoms with Gasteiger partial charge in [-0.3, -0.25) is 5.32 Å². The molecule has 0 aliphatic heterocycles. The van der Waals surface area contributed by atoms with Crippen molar-refractivity contribution in [1.29, 1.82) is 0 Å². The lowest BCUT2D eigenvalue weighted by molar-refractivity contribution is 0.672. The topological polar surface area (TPSA) is 90.2 Å². The Morgan fingerprint density at radius 2 is 1.38 bits per heavy atom. The molecule has 0 spiro atoms. The molecule has 1 radical (unpaired) electrons. The zero-order valence-electron chi connectivity index (χ0n) is 12.0. The average Bonchev–Trinajstić information content (AvgIpc) is 2.50. The Hall–Kier alpha value is -2.40. The van der Waals surface area contributed by atoms with E-state index in [-0.39, 0.29) is 0 Å². The van der Waals surface area contributed by atoms with E-state index in [1.54, 1.807) is 0 Å². The van der Waals surface area contributed by atoms with Crippen LogP contribution in [0, 0.1) is 0 Å². The largest absolute Gasteiger partial charge is 0.399 e. The maximum absolute atomic E-state index is 5.64. The first-order valence-electron chi connectivity index (χ1n) is 7.07. The normalized spacial score (nSPS) is 10.3. The van der Waals surface area contributed by atoms with E-state index >= 15 is 0 Å². The van der Waals surface area contributed by atoms with Gasteiger partial charge in [0, 0.05) is 36.7 Å². The molecule has 2 aromatic rings. The van der Waals surface area contributed by atoms with Crippen LogP contribution in [0.2, 0.25) is 0 Å². The Morgan fingerprint density at radius 3 is 2.05 bits per heavy atom. The molecule has 111 valence electrons. The van der Waals surface area contributed by atoms with Gasteiger partial charge in [-0.05, 0) is 48.5 Å². The highest BCUT2D eigenvalue weighted by molar-refractivity contribution is 5.51. The average molecular weight is 284 g/mol. The molecule has 0 bridgehead atoms. The van der Waals surface area contributed by atoms with Crippen molar-refractivity contribution >= 4 is 22.7 Å². The van der Waals surface area contributed by atoms with Crippen molar-refractivity contribution in [2.45, 2.75) is 0 Å². The lowest BCUT2D eigenvalue weighted by Gasteiger charge is -2.08. The van der Waals surface area contributed by atoms with Crippen LogP contribution in [0.25, 0.3) is 0 Å². The molecule has 6 N–H and O–H groups in total. The summed E-state index contributed by atoms with van der Waals surface area (Å²) in [5.74, 6) is 0. The first-order chi connectivity index (χ1) is 10.2. The Kier molecular flexibility index (Phi) is 5.72. The zero-order valence-corrected chi connectivity index (χ0v) is 12.0. The number of hydrogen-bond donors (Lipinski definition) is 4. The summed E-state index contributed by atoms with van der Waals surface area (Å²) < 4.78 is 0. The lowest BCUT2D eigenvalue weighted by atomic mass is 10.3. The predicted octanol–water partition coefficient (Wildman–Crippen LogP) is 1.79. The van der Waals surface area contributed by atoms with Gasteiger partial charge in [-0.2, -0.15) is 0 Å². The van der Waals surface area contributed by atoms with Crippen LogP contribution < -0.4 is 27.4 Å². The van der Waals surface area contributed by atoms with Crippen LogP contribution in [-0.2, 0) is 0 Å². The van der Waals surface area contributed by atoms with E-state index in [1.165, 1.54) is 0 Å². The molecule has 0 saturated heterocycles. The molecule has 5 nitrogen and oxygen atoms in total. The van der Waals surface area contributed by atoms with Gasteiger partial charge in [0.05, 0.1) is 12.2 Å². The Balaban J connectivity index is 1.52. The molecule has 2 aromatic carbocycles. The van der Waals surface area contributed by atoms with Gasteiger partial charge >= 0.3 is 0 Å². The molecule has 0 heterocycles. The second kappa shape index (κ2) is 8.01. The molecule has 0 aliphatic rings. The number of nitrogens with one attached hydrogen (secondary N) is 2. The number of rotatable bonds is 8. The van der Waals surface area contributed by atoms with Crippen molar-refractivity contribution in [3.63, 3.8) is 0 Å². The summed E-state index contributed by atoms with van der Waals surface area (Å²) in [7, 11) is 0. The number of nitrogens with zero attached hydrogens (tertiary/aromatic N) is 1. The predicted molar refractivity (Wildman–Crippen MR) is 89.7 cm³/mol. The van der Waals surface area contributed by atoms with Crippen molar-refractivity contribution in [1.82, 2.24) is 10.6 Å². The molecule has 0 unspecified atom stereocenters. The first-order valence-corrected chi connectivity index (χ1v) is 7.07. The van der Waals surface area contributed by atoms with Gasteiger partial charge in [0.25, 0.3) is 0 Å². The van der Waals surface area contributed by atoms with Gasteiger partial charge in [0.15, 0.2) is 0 Å². The molecule has 21 heavy (non-hydrogen) atoms. The van der Waals surface area contributed by atoms with Gasteiger partial charge in [-0.25, -0.2) is 0 Å². The maximum atomic E-state index is 5.64. The van der Waals surface area contributed by atoms with Crippen molar-refractivity contribution in [2.75, 3.05) is 43.0 Å². The monoisotopic (exact) mass is 284 g/mol. The lowest BCUT2D eigenvalue weighted by Crippen LogP contribution is -2.27. The molecule has 0 aliphatic carbocycles. The summed E-state index contributed by atoms with van der Waals surface area (Å²) in [6.45, 7) is 3.37. The number of hydrogen-bond acceptors (Lipinski definition) is 4. The zero-order chi connectivity index (χ0) is 14.9. The van der Waals surface area contributed by atoms with Gasteiger partial charge in [0.1, 0.15) is 0 Å². The number of benzene rings is 2. The minimum Gasteiger partial charge on any atom is -0.399 e. The van der Waals surface area contributed by atoms with Crippen LogP contribution in [-0.4, -0.2) is 26.2 Å². The van der Waals surface area contributed by atoms with E-state index in [2.05, 4.69) is 16.0 Å². The minimum absolute atomic E-state index is 0.756. The Morgan fingerprint density at radius 1 is 0.762 bits per heavy atom. The third-order valence-corrected chi connectivity index (χ3v) is 3.02. The molecule has 0 saturated carbocycles. The van der Waals surface area contributed by atoms with E-state index in [4.69, 9.17) is 11.5 Å². The van der Waals surface area contributed by atoms with Crippen LogP contribution in [0.5, 0.6) is 0 Å². The van der Waals surface area contributed by atoms with Gasteiger partial charge < -0.3 is 22.1 Å². The van der Waals surface area contributed by atoms with Gasteiger partial charge in [-0.1, -0.05) is 0 Å².